The van der Waals surface area contributed by atoms with Crippen molar-refractivity contribution in [3.05, 3.63) is 59.4 Å². The van der Waals surface area contributed by atoms with Crippen molar-refractivity contribution in [1.29, 1.82) is 0 Å². The molecule has 1 aliphatic rings. The van der Waals surface area contributed by atoms with Crippen LogP contribution >= 0.6 is 0 Å². The summed E-state index contributed by atoms with van der Waals surface area (Å²) in [4.78, 5) is 23.6. The summed E-state index contributed by atoms with van der Waals surface area (Å²) in [5.74, 6) is -0.412. The molecular formula is C22H23FN2O5. The lowest BCUT2D eigenvalue weighted by atomic mass is 9.98. The highest BCUT2D eigenvalue weighted by Crippen LogP contribution is 2.35. The fourth-order valence-electron chi connectivity index (χ4n) is 3.34. The van der Waals surface area contributed by atoms with Crippen molar-refractivity contribution >= 4 is 17.6 Å². The second kappa shape index (κ2) is 9.39. The van der Waals surface area contributed by atoms with Crippen LogP contribution in [0.25, 0.3) is 0 Å². The molecule has 2 aromatic rings. The van der Waals surface area contributed by atoms with E-state index in [4.69, 9.17) is 14.6 Å². The lowest BCUT2D eigenvalue weighted by molar-refractivity contribution is -0.137. The first kappa shape index (κ1) is 21.3. The summed E-state index contributed by atoms with van der Waals surface area (Å²) < 4.78 is 24.0. The van der Waals surface area contributed by atoms with Crippen molar-refractivity contribution in [2.75, 3.05) is 14.2 Å². The molecule has 0 radical (unpaired) electrons. The second-order valence-electron chi connectivity index (χ2n) is 6.91. The zero-order valence-corrected chi connectivity index (χ0v) is 16.8. The van der Waals surface area contributed by atoms with E-state index in [0.29, 0.717) is 23.6 Å². The van der Waals surface area contributed by atoms with E-state index in [1.807, 2.05) is 12.1 Å². The number of ether oxygens (including phenoxy) is 2. The van der Waals surface area contributed by atoms with Crippen LogP contribution in [0.5, 0.6) is 11.5 Å². The number of carbonyl (C=O) groups excluding carboxylic acids is 1. The molecule has 1 heterocycles. The van der Waals surface area contributed by atoms with Crippen molar-refractivity contribution in [2.45, 2.75) is 31.7 Å². The highest BCUT2D eigenvalue weighted by Gasteiger charge is 2.33. The molecule has 0 spiro atoms. The smallest absolute Gasteiger partial charge is 0.303 e. The van der Waals surface area contributed by atoms with Gasteiger partial charge in [0.2, 0.25) is 5.91 Å². The summed E-state index contributed by atoms with van der Waals surface area (Å²) in [5.41, 5.74) is 2.16. The van der Waals surface area contributed by atoms with E-state index in [1.165, 1.54) is 17.1 Å². The number of benzene rings is 2. The van der Waals surface area contributed by atoms with Gasteiger partial charge < -0.3 is 14.6 Å². The van der Waals surface area contributed by atoms with Crippen LogP contribution in [0.15, 0.2) is 47.6 Å². The molecule has 158 valence electrons. The molecule has 0 aromatic heterocycles. The number of hydrogen-bond donors (Lipinski definition) is 1. The molecule has 1 aliphatic heterocycles. The zero-order chi connectivity index (χ0) is 21.7. The van der Waals surface area contributed by atoms with Gasteiger partial charge in [-0.05, 0) is 36.2 Å². The largest absolute Gasteiger partial charge is 0.497 e. The Kier molecular flexibility index (Phi) is 6.66. The Morgan fingerprint density at radius 1 is 1.10 bits per heavy atom. The van der Waals surface area contributed by atoms with Crippen molar-refractivity contribution in [3.8, 4) is 11.5 Å². The number of rotatable bonds is 8. The Hall–Kier alpha value is -3.42. The van der Waals surface area contributed by atoms with Crippen molar-refractivity contribution in [3.63, 3.8) is 0 Å². The summed E-state index contributed by atoms with van der Waals surface area (Å²) >= 11 is 0. The number of amides is 1. The molecule has 1 N–H and O–H groups in total. The molecule has 1 amide bonds. The average molecular weight is 414 g/mol. The molecular weight excluding hydrogens is 391 g/mol. The molecule has 0 saturated heterocycles. The predicted molar refractivity (Wildman–Crippen MR) is 108 cm³/mol. The van der Waals surface area contributed by atoms with Gasteiger partial charge in [0.15, 0.2) is 0 Å². The SMILES string of the molecule is COc1cc(OC)cc(C2=NN(C(=O)CCCC(=O)O)C(c3ccc(F)cc3)C2)c1. The number of hydrogen-bond acceptors (Lipinski definition) is 5. The van der Waals surface area contributed by atoms with Crippen LogP contribution in [0, 0.1) is 5.82 Å². The maximum Gasteiger partial charge on any atom is 0.303 e. The molecule has 0 saturated carbocycles. The van der Waals surface area contributed by atoms with Crippen LogP contribution < -0.4 is 9.47 Å². The topological polar surface area (TPSA) is 88.4 Å². The Morgan fingerprint density at radius 2 is 1.73 bits per heavy atom. The Balaban J connectivity index is 1.92. The third-order valence-corrected chi connectivity index (χ3v) is 4.89. The molecule has 0 aliphatic carbocycles. The average Bonchev–Trinajstić information content (AvgIpc) is 3.19. The number of carboxylic acid groups (broad SMARTS) is 1. The van der Waals surface area contributed by atoms with Crippen LogP contribution in [0.4, 0.5) is 4.39 Å². The van der Waals surface area contributed by atoms with Crippen LogP contribution in [-0.4, -0.2) is 41.9 Å². The molecule has 1 unspecified atom stereocenters. The number of aliphatic carboxylic acids is 1. The van der Waals surface area contributed by atoms with Gasteiger partial charge in [-0.2, -0.15) is 5.10 Å². The first-order valence-corrected chi connectivity index (χ1v) is 9.51. The Morgan fingerprint density at radius 3 is 2.30 bits per heavy atom. The van der Waals surface area contributed by atoms with Crippen LogP contribution in [0.2, 0.25) is 0 Å². The summed E-state index contributed by atoms with van der Waals surface area (Å²) in [6, 6.07) is 10.9. The third-order valence-electron chi connectivity index (χ3n) is 4.89. The first-order chi connectivity index (χ1) is 14.4. The fraction of sp³-hybridized carbons (Fsp3) is 0.318. The molecule has 8 heteroatoms. The summed E-state index contributed by atoms with van der Waals surface area (Å²) in [5, 5.41) is 14.7. The van der Waals surface area contributed by atoms with Gasteiger partial charge in [0.1, 0.15) is 17.3 Å². The summed E-state index contributed by atoms with van der Waals surface area (Å²) in [7, 11) is 3.10. The van der Waals surface area contributed by atoms with Gasteiger partial charge >= 0.3 is 5.97 Å². The van der Waals surface area contributed by atoms with Gasteiger partial charge in [0, 0.05) is 30.9 Å². The van der Waals surface area contributed by atoms with E-state index in [9.17, 15) is 14.0 Å². The monoisotopic (exact) mass is 414 g/mol. The van der Waals surface area contributed by atoms with Crippen LogP contribution in [-0.2, 0) is 9.59 Å². The maximum atomic E-state index is 13.4. The van der Waals surface area contributed by atoms with Crippen molar-refractivity contribution in [2.24, 2.45) is 5.10 Å². The Labute approximate surface area is 173 Å². The normalized spacial score (nSPS) is 15.6. The minimum Gasteiger partial charge on any atom is -0.497 e. The molecule has 7 nitrogen and oxygen atoms in total. The lowest BCUT2D eigenvalue weighted by Gasteiger charge is -2.22. The van der Waals surface area contributed by atoms with Gasteiger partial charge in [-0.3, -0.25) is 9.59 Å². The molecule has 1 atom stereocenters. The zero-order valence-electron chi connectivity index (χ0n) is 16.8. The highest BCUT2D eigenvalue weighted by atomic mass is 19.1. The predicted octanol–water partition coefficient (Wildman–Crippen LogP) is 3.78. The summed E-state index contributed by atoms with van der Waals surface area (Å²) in [6.45, 7) is 0. The van der Waals surface area contributed by atoms with Crippen LogP contribution in [0.3, 0.4) is 0 Å². The molecule has 0 bridgehead atoms. The number of carbonyl (C=O) groups is 2. The Bertz CT molecular complexity index is 936. The van der Waals surface area contributed by atoms with Gasteiger partial charge in [0.05, 0.1) is 26.0 Å². The minimum atomic E-state index is -0.952. The van der Waals surface area contributed by atoms with E-state index in [-0.39, 0.29) is 31.0 Å². The number of halogens is 1. The number of carboxylic acids is 1. The molecule has 0 fully saturated rings. The third kappa shape index (κ3) is 4.94. The number of methoxy groups -OCH3 is 2. The highest BCUT2D eigenvalue weighted by molar-refractivity contribution is 6.03. The molecule has 30 heavy (non-hydrogen) atoms. The van der Waals surface area contributed by atoms with Crippen molar-refractivity contribution < 1.29 is 28.6 Å². The van der Waals surface area contributed by atoms with Gasteiger partial charge in [-0.25, -0.2) is 9.40 Å². The second-order valence-corrected chi connectivity index (χ2v) is 6.91. The van der Waals surface area contributed by atoms with E-state index in [2.05, 4.69) is 5.10 Å². The van der Waals surface area contributed by atoms with E-state index >= 15 is 0 Å². The quantitative estimate of drug-likeness (QED) is 0.710. The van der Waals surface area contributed by atoms with Gasteiger partial charge in [-0.1, -0.05) is 12.1 Å². The van der Waals surface area contributed by atoms with E-state index in [1.54, 1.807) is 32.4 Å². The standard InChI is InChI=1S/C22H23FN2O5/c1-29-17-10-15(11-18(12-17)30-2)19-13-20(14-6-8-16(23)9-7-14)25(24-19)21(26)4-3-5-22(27)28/h6-12,20H,3-5,13H2,1-2H3,(H,27,28). The number of nitrogens with zero attached hydrogens (tertiary/aromatic N) is 2. The number of hydrazone groups is 1. The van der Waals surface area contributed by atoms with Gasteiger partial charge in [0.25, 0.3) is 0 Å². The van der Waals surface area contributed by atoms with Gasteiger partial charge in [-0.15, -0.1) is 0 Å². The van der Waals surface area contributed by atoms with E-state index < -0.39 is 12.0 Å². The summed E-state index contributed by atoms with van der Waals surface area (Å²) in [6.07, 6.45) is 0.609. The maximum absolute atomic E-state index is 13.4. The lowest BCUT2D eigenvalue weighted by Crippen LogP contribution is -2.27. The minimum absolute atomic E-state index is 0.0577. The molecule has 2 aromatic carbocycles. The fourth-order valence-corrected chi connectivity index (χ4v) is 3.34. The first-order valence-electron chi connectivity index (χ1n) is 9.51. The van der Waals surface area contributed by atoms with Crippen molar-refractivity contribution in [1.82, 2.24) is 5.01 Å². The van der Waals surface area contributed by atoms with Crippen LogP contribution in [0.1, 0.15) is 42.9 Å². The van der Waals surface area contributed by atoms with E-state index in [0.717, 1.165) is 11.1 Å². The molecule has 3 rings (SSSR count).